The first kappa shape index (κ1) is 13.4. The van der Waals surface area contributed by atoms with E-state index in [1.165, 1.54) is 7.11 Å². The van der Waals surface area contributed by atoms with Gasteiger partial charge in [-0.3, -0.25) is 4.79 Å². The van der Waals surface area contributed by atoms with Gasteiger partial charge in [-0.1, -0.05) is 28.1 Å². The molecular formula is C14H10BrNO3. The van der Waals surface area contributed by atoms with E-state index in [0.29, 0.717) is 17.1 Å². The minimum Gasteiger partial charge on any atom is -0.469 e. The van der Waals surface area contributed by atoms with Crippen molar-refractivity contribution in [1.29, 1.82) is 5.26 Å². The fraction of sp³-hybridized carbons (Fsp3) is 0.143. The average molecular weight is 320 g/mol. The zero-order valence-electron chi connectivity index (χ0n) is 10.1. The Hall–Kier alpha value is -2.06. The summed E-state index contributed by atoms with van der Waals surface area (Å²) in [7, 11) is 1.31. The second-order valence-electron chi connectivity index (χ2n) is 3.83. The van der Waals surface area contributed by atoms with Gasteiger partial charge in [0.25, 0.3) is 0 Å². The molecule has 0 fully saturated rings. The summed E-state index contributed by atoms with van der Waals surface area (Å²) in [5, 5.41) is 9.10. The number of esters is 1. The third-order valence-electron chi connectivity index (χ3n) is 2.56. The van der Waals surface area contributed by atoms with Gasteiger partial charge in [-0.15, -0.1) is 0 Å². The van der Waals surface area contributed by atoms with Crippen LogP contribution in [0.3, 0.4) is 0 Å². The monoisotopic (exact) mass is 319 g/mol. The van der Waals surface area contributed by atoms with Crippen molar-refractivity contribution in [1.82, 2.24) is 0 Å². The summed E-state index contributed by atoms with van der Waals surface area (Å²) in [5.41, 5.74) is 1.19. The van der Waals surface area contributed by atoms with Crippen molar-refractivity contribution >= 4 is 21.9 Å². The summed E-state index contributed by atoms with van der Waals surface area (Å²) >= 11 is 3.34. The summed E-state index contributed by atoms with van der Waals surface area (Å²) in [4.78, 5) is 11.2. The van der Waals surface area contributed by atoms with E-state index in [4.69, 9.17) is 9.68 Å². The first-order chi connectivity index (χ1) is 9.13. The zero-order valence-corrected chi connectivity index (χ0v) is 11.7. The number of furan rings is 1. The molecule has 0 spiro atoms. The molecule has 1 aromatic heterocycles. The lowest BCUT2D eigenvalue weighted by Gasteiger charge is -1.98. The summed E-state index contributed by atoms with van der Waals surface area (Å²) < 4.78 is 11.1. The van der Waals surface area contributed by atoms with Gasteiger partial charge >= 0.3 is 5.97 Å². The number of rotatable bonds is 3. The number of ether oxygens (including phenoxy) is 1. The minimum absolute atomic E-state index is 0.0156. The molecule has 2 rings (SSSR count). The predicted molar refractivity (Wildman–Crippen MR) is 72.3 cm³/mol. The Kier molecular flexibility index (Phi) is 4.03. The lowest BCUT2D eigenvalue weighted by atomic mass is 10.1. The Balaban J connectivity index is 2.37. The number of carbonyl (C=O) groups is 1. The first-order valence-electron chi connectivity index (χ1n) is 5.49. The molecule has 0 amide bonds. The lowest BCUT2D eigenvalue weighted by molar-refractivity contribution is -0.140. The lowest BCUT2D eigenvalue weighted by Crippen LogP contribution is -2.03. The molecule has 0 bridgehead atoms. The van der Waals surface area contributed by atoms with E-state index in [-0.39, 0.29) is 6.42 Å². The molecule has 96 valence electrons. The predicted octanol–water partition coefficient (Wildman–Crippen LogP) is 3.30. The smallest absolute Gasteiger partial charge is 0.313 e. The van der Waals surface area contributed by atoms with Crippen LogP contribution in [0.5, 0.6) is 0 Å². The van der Waals surface area contributed by atoms with Crippen molar-refractivity contribution in [2.75, 3.05) is 7.11 Å². The normalized spacial score (nSPS) is 9.95. The highest BCUT2D eigenvalue weighted by molar-refractivity contribution is 9.10. The van der Waals surface area contributed by atoms with E-state index in [1.54, 1.807) is 6.07 Å². The second kappa shape index (κ2) is 5.72. The van der Waals surface area contributed by atoms with Crippen LogP contribution in [0, 0.1) is 11.3 Å². The molecule has 0 atom stereocenters. The van der Waals surface area contributed by atoms with E-state index in [0.717, 1.165) is 10.0 Å². The van der Waals surface area contributed by atoms with Crippen molar-refractivity contribution in [3.63, 3.8) is 0 Å². The molecule has 0 saturated heterocycles. The molecule has 0 unspecified atom stereocenters. The van der Waals surface area contributed by atoms with E-state index < -0.39 is 5.97 Å². The zero-order chi connectivity index (χ0) is 13.8. The number of nitrogens with zero attached hydrogens (tertiary/aromatic N) is 1. The average Bonchev–Trinajstić information content (AvgIpc) is 2.82. The van der Waals surface area contributed by atoms with E-state index in [2.05, 4.69) is 26.7 Å². The molecule has 0 radical (unpaired) electrons. The van der Waals surface area contributed by atoms with Crippen molar-refractivity contribution < 1.29 is 13.9 Å². The van der Waals surface area contributed by atoms with Gasteiger partial charge in [0, 0.05) is 10.0 Å². The maximum atomic E-state index is 11.2. The molecule has 2 aromatic rings. The number of halogens is 1. The first-order valence-corrected chi connectivity index (χ1v) is 6.29. The maximum Gasteiger partial charge on any atom is 0.313 e. The number of carbonyl (C=O) groups excluding carboxylic acids is 1. The molecule has 0 aliphatic rings. The third kappa shape index (κ3) is 3.04. The number of hydrogen-bond donors (Lipinski definition) is 0. The number of hydrogen-bond acceptors (Lipinski definition) is 4. The quantitative estimate of drug-likeness (QED) is 0.814. The van der Waals surface area contributed by atoms with E-state index >= 15 is 0 Å². The fourth-order valence-electron chi connectivity index (χ4n) is 1.64. The van der Waals surface area contributed by atoms with Gasteiger partial charge in [0.05, 0.1) is 12.7 Å². The molecule has 5 heteroatoms. The van der Waals surface area contributed by atoms with Crippen LogP contribution in [0.15, 0.2) is 39.2 Å². The molecule has 0 saturated carbocycles. The van der Waals surface area contributed by atoms with Gasteiger partial charge in [-0.05, 0) is 18.2 Å². The highest BCUT2D eigenvalue weighted by atomic mass is 79.9. The van der Waals surface area contributed by atoms with Crippen LogP contribution in [0.25, 0.3) is 11.3 Å². The van der Waals surface area contributed by atoms with Crippen molar-refractivity contribution in [3.05, 3.63) is 46.1 Å². The minimum atomic E-state index is -0.402. The number of nitriles is 1. The van der Waals surface area contributed by atoms with Crippen molar-refractivity contribution in [3.8, 4) is 17.4 Å². The van der Waals surface area contributed by atoms with Crippen LogP contribution >= 0.6 is 15.9 Å². The molecule has 0 aliphatic heterocycles. The van der Waals surface area contributed by atoms with Crippen LogP contribution in [-0.4, -0.2) is 13.1 Å². The van der Waals surface area contributed by atoms with Gasteiger partial charge in [-0.25, -0.2) is 0 Å². The van der Waals surface area contributed by atoms with Gasteiger partial charge in [-0.2, -0.15) is 5.26 Å². The van der Waals surface area contributed by atoms with Crippen molar-refractivity contribution in [2.45, 2.75) is 6.42 Å². The highest BCUT2D eigenvalue weighted by Gasteiger charge is 2.15. The molecule has 19 heavy (non-hydrogen) atoms. The SMILES string of the molecule is COC(=O)Cc1cc(C#N)c(-c2ccc(Br)cc2)o1. The summed E-state index contributed by atoms with van der Waals surface area (Å²) in [6.45, 7) is 0. The van der Waals surface area contributed by atoms with Gasteiger partial charge in [0.2, 0.25) is 0 Å². The fourth-order valence-corrected chi connectivity index (χ4v) is 1.91. The Labute approximate surface area is 118 Å². The van der Waals surface area contributed by atoms with Gasteiger partial charge < -0.3 is 9.15 Å². The van der Waals surface area contributed by atoms with Crippen LogP contribution in [0.2, 0.25) is 0 Å². The Morgan fingerprint density at radius 1 is 1.42 bits per heavy atom. The topological polar surface area (TPSA) is 63.2 Å². The number of methoxy groups -OCH3 is 1. The summed E-state index contributed by atoms with van der Waals surface area (Å²) in [5.74, 6) is 0.482. The van der Waals surface area contributed by atoms with Crippen LogP contribution < -0.4 is 0 Å². The second-order valence-corrected chi connectivity index (χ2v) is 4.74. The standard InChI is InChI=1S/C14H10BrNO3/c1-18-13(17)7-12-6-10(8-16)14(19-12)9-2-4-11(15)5-3-9/h2-6H,7H2,1H3. The molecule has 0 N–H and O–H groups in total. The largest absolute Gasteiger partial charge is 0.469 e. The highest BCUT2D eigenvalue weighted by Crippen LogP contribution is 2.28. The molecule has 1 heterocycles. The molecular weight excluding hydrogens is 310 g/mol. The Morgan fingerprint density at radius 3 is 2.68 bits per heavy atom. The van der Waals surface area contributed by atoms with E-state index in [1.807, 2.05) is 24.3 Å². The van der Waals surface area contributed by atoms with E-state index in [9.17, 15) is 4.79 Å². The maximum absolute atomic E-state index is 11.2. The summed E-state index contributed by atoms with van der Waals surface area (Å²) in [6, 6.07) is 11.0. The Morgan fingerprint density at radius 2 is 2.11 bits per heavy atom. The molecule has 4 nitrogen and oxygen atoms in total. The Bertz CT molecular complexity index is 638. The van der Waals surface area contributed by atoms with Crippen LogP contribution in [0.1, 0.15) is 11.3 Å². The number of benzene rings is 1. The van der Waals surface area contributed by atoms with Crippen molar-refractivity contribution in [2.24, 2.45) is 0 Å². The molecule has 0 aliphatic carbocycles. The third-order valence-corrected chi connectivity index (χ3v) is 3.08. The molecule has 1 aromatic carbocycles. The summed E-state index contributed by atoms with van der Waals surface area (Å²) in [6.07, 6.45) is 0.0156. The van der Waals surface area contributed by atoms with Gasteiger partial charge in [0.15, 0.2) is 5.76 Å². The van der Waals surface area contributed by atoms with Crippen LogP contribution in [0.4, 0.5) is 0 Å². The van der Waals surface area contributed by atoms with Gasteiger partial charge in [0.1, 0.15) is 18.3 Å². The van der Waals surface area contributed by atoms with Crippen LogP contribution in [-0.2, 0) is 16.0 Å².